The molecule has 1 saturated carbocycles. The molecule has 20 heavy (non-hydrogen) atoms. The van der Waals surface area contributed by atoms with Gasteiger partial charge < -0.3 is 5.32 Å². The molecule has 0 aliphatic heterocycles. The fourth-order valence-corrected chi connectivity index (χ4v) is 4.09. The van der Waals surface area contributed by atoms with E-state index in [0.717, 1.165) is 23.7 Å². The standard InChI is InChI=1S/C19H39N/c1-6-9-17-10-11-18(14-20-15(4)5)19(13-17)12-16(7-2)8-3/h15-20H,6-14H2,1-5H3. The molecule has 1 fully saturated rings. The summed E-state index contributed by atoms with van der Waals surface area (Å²) >= 11 is 0. The van der Waals surface area contributed by atoms with Crippen LogP contribution in [0.2, 0.25) is 0 Å². The van der Waals surface area contributed by atoms with Crippen LogP contribution in [0.3, 0.4) is 0 Å². The monoisotopic (exact) mass is 281 g/mol. The highest BCUT2D eigenvalue weighted by molar-refractivity contribution is 4.83. The largest absolute Gasteiger partial charge is 0.314 e. The van der Waals surface area contributed by atoms with Crippen LogP contribution in [0, 0.1) is 23.7 Å². The van der Waals surface area contributed by atoms with Crippen LogP contribution in [0.4, 0.5) is 0 Å². The van der Waals surface area contributed by atoms with Crippen LogP contribution in [0.1, 0.15) is 86.0 Å². The lowest BCUT2D eigenvalue weighted by Crippen LogP contribution is -2.36. The zero-order valence-electron chi connectivity index (χ0n) is 14.8. The Balaban J connectivity index is 2.56. The van der Waals surface area contributed by atoms with Crippen LogP contribution in [-0.4, -0.2) is 12.6 Å². The number of rotatable bonds is 9. The highest BCUT2D eigenvalue weighted by Crippen LogP contribution is 2.40. The Bertz CT molecular complexity index is 232. The fourth-order valence-electron chi connectivity index (χ4n) is 4.09. The van der Waals surface area contributed by atoms with E-state index in [-0.39, 0.29) is 0 Å². The molecular formula is C19H39N. The molecule has 0 aromatic heterocycles. The van der Waals surface area contributed by atoms with Gasteiger partial charge in [-0.25, -0.2) is 0 Å². The smallest absolute Gasteiger partial charge is 0.00104 e. The molecule has 120 valence electrons. The molecule has 3 atom stereocenters. The summed E-state index contributed by atoms with van der Waals surface area (Å²) in [6.07, 6.45) is 11.5. The van der Waals surface area contributed by atoms with Crippen LogP contribution in [0.25, 0.3) is 0 Å². The quantitative estimate of drug-likeness (QED) is 0.576. The Hall–Kier alpha value is -0.0400. The van der Waals surface area contributed by atoms with Gasteiger partial charge in [-0.05, 0) is 49.5 Å². The van der Waals surface area contributed by atoms with Crippen molar-refractivity contribution < 1.29 is 0 Å². The zero-order chi connectivity index (χ0) is 15.0. The van der Waals surface area contributed by atoms with E-state index in [1.54, 1.807) is 0 Å². The second-order valence-corrected chi connectivity index (χ2v) is 7.47. The lowest BCUT2D eigenvalue weighted by Gasteiger charge is -2.38. The van der Waals surface area contributed by atoms with Crippen molar-refractivity contribution in [2.24, 2.45) is 23.7 Å². The molecule has 1 heteroatoms. The summed E-state index contributed by atoms with van der Waals surface area (Å²) in [5, 5.41) is 3.70. The van der Waals surface area contributed by atoms with E-state index in [4.69, 9.17) is 0 Å². The molecule has 0 saturated heterocycles. The lowest BCUT2D eigenvalue weighted by atomic mass is 9.69. The number of nitrogens with one attached hydrogen (secondary N) is 1. The Morgan fingerprint density at radius 3 is 2.25 bits per heavy atom. The van der Waals surface area contributed by atoms with Gasteiger partial charge in [-0.3, -0.25) is 0 Å². The molecule has 0 spiro atoms. The number of hydrogen-bond acceptors (Lipinski definition) is 1. The molecule has 1 nitrogen and oxygen atoms in total. The maximum atomic E-state index is 3.70. The van der Waals surface area contributed by atoms with Crippen molar-refractivity contribution in [1.82, 2.24) is 5.32 Å². The van der Waals surface area contributed by atoms with Gasteiger partial charge in [-0.15, -0.1) is 0 Å². The van der Waals surface area contributed by atoms with E-state index in [1.165, 1.54) is 57.9 Å². The van der Waals surface area contributed by atoms with E-state index in [9.17, 15) is 0 Å². The van der Waals surface area contributed by atoms with Gasteiger partial charge in [0, 0.05) is 6.04 Å². The second kappa shape index (κ2) is 9.82. The first-order chi connectivity index (χ1) is 9.60. The Morgan fingerprint density at radius 1 is 1.00 bits per heavy atom. The SMILES string of the molecule is CCCC1CCC(CNC(C)C)C(CC(CC)CC)C1. The van der Waals surface area contributed by atoms with Crippen LogP contribution in [0.5, 0.6) is 0 Å². The van der Waals surface area contributed by atoms with E-state index in [0.29, 0.717) is 6.04 Å². The van der Waals surface area contributed by atoms with Gasteiger partial charge in [-0.1, -0.05) is 66.7 Å². The normalized spacial score (nSPS) is 27.4. The first-order valence-electron chi connectivity index (χ1n) is 9.33. The van der Waals surface area contributed by atoms with Gasteiger partial charge in [0.2, 0.25) is 0 Å². The molecule has 1 N–H and O–H groups in total. The Kier molecular flexibility index (Phi) is 8.84. The molecule has 1 aliphatic rings. The summed E-state index contributed by atoms with van der Waals surface area (Å²) in [7, 11) is 0. The zero-order valence-corrected chi connectivity index (χ0v) is 14.8. The van der Waals surface area contributed by atoms with Crippen molar-refractivity contribution in [3.8, 4) is 0 Å². The summed E-state index contributed by atoms with van der Waals surface area (Å²) in [5.74, 6) is 3.90. The van der Waals surface area contributed by atoms with Gasteiger partial charge in [0.05, 0.1) is 0 Å². The molecule has 0 aromatic rings. The summed E-state index contributed by atoms with van der Waals surface area (Å²) in [4.78, 5) is 0. The van der Waals surface area contributed by atoms with Gasteiger partial charge >= 0.3 is 0 Å². The summed E-state index contributed by atoms with van der Waals surface area (Å²) in [6.45, 7) is 12.9. The van der Waals surface area contributed by atoms with E-state index in [1.807, 2.05) is 0 Å². The van der Waals surface area contributed by atoms with E-state index >= 15 is 0 Å². The third kappa shape index (κ3) is 6.16. The lowest BCUT2D eigenvalue weighted by molar-refractivity contribution is 0.137. The fraction of sp³-hybridized carbons (Fsp3) is 1.00. The van der Waals surface area contributed by atoms with Crippen LogP contribution < -0.4 is 5.32 Å². The topological polar surface area (TPSA) is 12.0 Å². The minimum Gasteiger partial charge on any atom is -0.314 e. The number of hydrogen-bond donors (Lipinski definition) is 1. The highest BCUT2D eigenvalue weighted by Gasteiger charge is 2.31. The predicted octanol–water partition coefficient (Wildman–Crippen LogP) is 5.64. The maximum absolute atomic E-state index is 3.70. The molecule has 1 rings (SSSR count). The van der Waals surface area contributed by atoms with Crippen LogP contribution in [0.15, 0.2) is 0 Å². The molecule has 0 heterocycles. The summed E-state index contributed by atoms with van der Waals surface area (Å²) < 4.78 is 0. The first kappa shape index (κ1) is 18.0. The molecule has 3 unspecified atom stereocenters. The van der Waals surface area contributed by atoms with E-state index < -0.39 is 0 Å². The van der Waals surface area contributed by atoms with Crippen molar-refractivity contribution in [2.75, 3.05) is 6.54 Å². The van der Waals surface area contributed by atoms with Crippen LogP contribution >= 0.6 is 0 Å². The minimum absolute atomic E-state index is 0.636. The maximum Gasteiger partial charge on any atom is 0.00104 e. The molecule has 0 aromatic carbocycles. The predicted molar refractivity (Wildman–Crippen MR) is 91.1 cm³/mol. The Labute approximate surface area is 128 Å². The average Bonchev–Trinajstić information content (AvgIpc) is 2.44. The van der Waals surface area contributed by atoms with E-state index in [2.05, 4.69) is 39.9 Å². The Morgan fingerprint density at radius 2 is 1.70 bits per heavy atom. The van der Waals surface area contributed by atoms with Gasteiger partial charge in [0.1, 0.15) is 0 Å². The summed E-state index contributed by atoms with van der Waals surface area (Å²) in [6, 6.07) is 0.636. The first-order valence-corrected chi connectivity index (χ1v) is 9.33. The molecule has 0 amide bonds. The summed E-state index contributed by atoms with van der Waals surface area (Å²) in [5.41, 5.74) is 0. The van der Waals surface area contributed by atoms with Crippen molar-refractivity contribution in [3.05, 3.63) is 0 Å². The van der Waals surface area contributed by atoms with Gasteiger partial charge in [0.25, 0.3) is 0 Å². The van der Waals surface area contributed by atoms with Gasteiger partial charge in [-0.2, -0.15) is 0 Å². The molecule has 0 radical (unpaired) electrons. The molecule has 0 bridgehead atoms. The average molecular weight is 282 g/mol. The van der Waals surface area contributed by atoms with Crippen molar-refractivity contribution >= 4 is 0 Å². The minimum atomic E-state index is 0.636. The third-order valence-electron chi connectivity index (χ3n) is 5.52. The third-order valence-corrected chi connectivity index (χ3v) is 5.52. The van der Waals surface area contributed by atoms with Crippen molar-refractivity contribution in [2.45, 2.75) is 92.0 Å². The van der Waals surface area contributed by atoms with Gasteiger partial charge in [0.15, 0.2) is 0 Å². The molecular weight excluding hydrogens is 242 g/mol. The molecule has 1 aliphatic carbocycles. The second-order valence-electron chi connectivity index (χ2n) is 7.47. The van der Waals surface area contributed by atoms with Crippen molar-refractivity contribution in [3.63, 3.8) is 0 Å². The van der Waals surface area contributed by atoms with Crippen molar-refractivity contribution in [1.29, 1.82) is 0 Å². The van der Waals surface area contributed by atoms with Crippen LogP contribution in [-0.2, 0) is 0 Å². The highest BCUT2D eigenvalue weighted by atomic mass is 14.9.